The molecule has 1 aromatic heterocycles. The van der Waals surface area contributed by atoms with Crippen LogP contribution in [0.5, 0.6) is 11.5 Å². The van der Waals surface area contributed by atoms with Crippen LogP contribution in [0.4, 0.5) is 5.69 Å². The van der Waals surface area contributed by atoms with Crippen LogP contribution >= 0.6 is 19.2 Å². The number of fused-ring (bicyclic) bond motifs is 6. The SMILES string of the molecule is CCN(CC(=O)O)c1ccc2c(c1)OC1CC[n+]3c(sc4cc(OP(=O)(O)O)ccc43)C1=C2. The van der Waals surface area contributed by atoms with Crippen molar-refractivity contribution in [3.63, 3.8) is 0 Å². The van der Waals surface area contributed by atoms with Crippen LogP contribution in [0.25, 0.3) is 21.9 Å². The second-order valence-corrected chi connectivity index (χ2v) is 10.1. The van der Waals surface area contributed by atoms with E-state index in [4.69, 9.17) is 24.2 Å². The number of aryl methyl sites for hydroxylation is 1. The van der Waals surface area contributed by atoms with Crippen molar-refractivity contribution in [2.75, 3.05) is 18.0 Å². The van der Waals surface area contributed by atoms with E-state index in [0.29, 0.717) is 6.54 Å². The molecule has 0 spiro atoms. The minimum absolute atomic E-state index is 0.0741. The van der Waals surface area contributed by atoms with Gasteiger partial charge in [-0.15, -0.1) is 0 Å². The van der Waals surface area contributed by atoms with Gasteiger partial charge in [0.15, 0.2) is 6.54 Å². The van der Waals surface area contributed by atoms with Gasteiger partial charge in [0, 0.05) is 42.4 Å². The molecule has 3 heterocycles. The lowest BCUT2D eigenvalue weighted by molar-refractivity contribution is -0.673. The Morgan fingerprint density at radius 3 is 2.85 bits per heavy atom. The highest BCUT2D eigenvalue weighted by atomic mass is 32.1. The van der Waals surface area contributed by atoms with Crippen LogP contribution in [0.15, 0.2) is 36.4 Å². The molecule has 0 saturated carbocycles. The summed E-state index contributed by atoms with van der Waals surface area (Å²) in [7, 11) is -4.62. The maximum Gasteiger partial charge on any atom is 0.524 e. The number of carboxylic acid groups (broad SMARTS) is 1. The summed E-state index contributed by atoms with van der Waals surface area (Å²) in [5, 5.41) is 10.2. The fourth-order valence-electron chi connectivity index (χ4n) is 4.33. The average Bonchev–Trinajstić information content (AvgIpc) is 3.12. The number of carboxylic acids is 1. The number of likely N-dealkylation sites (N-methyl/N-ethyl adjacent to an activating group) is 1. The van der Waals surface area contributed by atoms with Gasteiger partial charge >= 0.3 is 13.8 Å². The van der Waals surface area contributed by atoms with Crippen LogP contribution in [-0.2, 0) is 15.9 Å². The van der Waals surface area contributed by atoms with Crippen molar-refractivity contribution >= 4 is 52.7 Å². The number of hydrogen-bond donors (Lipinski definition) is 3. The van der Waals surface area contributed by atoms with Gasteiger partial charge in [0.1, 0.15) is 28.8 Å². The van der Waals surface area contributed by atoms with Crippen LogP contribution in [-0.4, -0.2) is 40.1 Å². The van der Waals surface area contributed by atoms with Gasteiger partial charge in [-0.25, -0.2) is 4.57 Å². The van der Waals surface area contributed by atoms with Gasteiger partial charge in [-0.3, -0.25) is 14.6 Å². The standard InChI is InChI=1S/C22H21N2O7PS/c1-2-23(12-21(25)26)14-4-3-13-9-16-18(30-19(13)10-14)7-8-24-17-6-5-15(31-32(27,28)29)11-20(17)33-22(16)24/h3-6,9-11,18H,2,7-8,12H2,1H3,(H2-,25,26,27,28,29)/p+1. The normalized spacial score (nSPS) is 16.8. The number of ether oxygens (including phenoxy) is 1. The van der Waals surface area contributed by atoms with Crippen molar-refractivity contribution in [3.05, 3.63) is 47.0 Å². The summed E-state index contributed by atoms with van der Waals surface area (Å²) in [5.74, 6) is -0.0224. The Hall–Kier alpha value is -2.91. The molecule has 3 aromatic rings. The van der Waals surface area contributed by atoms with E-state index in [-0.39, 0.29) is 18.4 Å². The van der Waals surface area contributed by atoms with Crippen molar-refractivity contribution in [1.82, 2.24) is 0 Å². The summed E-state index contributed by atoms with van der Waals surface area (Å²) in [5.41, 5.74) is 3.76. The van der Waals surface area contributed by atoms with Gasteiger partial charge in [0.2, 0.25) is 5.52 Å². The maximum absolute atomic E-state index is 11.2. The predicted molar refractivity (Wildman–Crippen MR) is 124 cm³/mol. The third-order valence-electron chi connectivity index (χ3n) is 5.76. The molecule has 0 fully saturated rings. The quantitative estimate of drug-likeness (QED) is 0.357. The topological polar surface area (TPSA) is 120 Å². The molecule has 0 radical (unpaired) electrons. The lowest BCUT2D eigenvalue weighted by Gasteiger charge is -2.29. The lowest BCUT2D eigenvalue weighted by atomic mass is 9.97. The lowest BCUT2D eigenvalue weighted by Crippen LogP contribution is -2.45. The highest BCUT2D eigenvalue weighted by Crippen LogP contribution is 2.43. The van der Waals surface area contributed by atoms with Gasteiger partial charge in [0.25, 0.3) is 5.01 Å². The zero-order valence-electron chi connectivity index (χ0n) is 17.7. The highest BCUT2D eigenvalue weighted by Gasteiger charge is 2.38. The molecule has 33 heavy (non-hydrogen) atoms. The van der Waals surface area contributed by atoms with Crippen LogP contribution in [0.3, 0.4) is 0 Å². The molecule has 9 nitrogen and oxygen atoms in total. The molecule has 1 unspecified atom stereocenters. The Morgan fingerprint density at radius 2 is 2.12 bits per heavy atom. The van der Waals surface area contributed by atoms with E-state index in [2.05, 4.69) is 10.6 Å². The van der Waals surface area contributed by atoms with Gasteiger partial charge in [0.05, 0.1) is 5.57 Å². The molecule has 5 rings (SSSR count). The van der Waals surface area contributed by atoms with Crippen LogP contribution in [0.1, 0.15) is 23.9 Å². The van der Waals surface area contributed by atoms with E-state index in [9.17, 15) is 9.36 Å². The van der Waals surface area contributed by atoms with E-state index in [1.165, 1.54) is 11.3 Å². The van der Waals surface area contributed by atoms with E-state index in [0.717, 1.165) is 50.8 Å². The molecule has 0 saturated heterocycles. The molecular formula is C22H22N2O7PS+. The Balaban J connectivity index is 1.52. The van der Waals surface area contributed by atoms with E-state index < -0.39 is 13.8 Å². The number of phosphoric acid groups is 1. The van der Waals surface area contributed by atoms with Gasteiger partial charge in [-0.2, -0.15) is 4.57 Å². The minimum Gasteiger partial charge on any atom is -0.484 e. The summed E-state index contributed by atoms with van der Waals surface area (Å²) in [6.45, 7) is 3.16. The number of rotatable bonds is 6. The smallest absolute Gasteiger partial charge is 0.484 e. The zero-order chi connectivity index (χ0) is 23.3. The summed E-state index contributed by atoms with van der Waals surface area (Å²) in [6, 6.07) is 10.8. The van der Waals surface area contributed by atoms with Gasteiger partial charge in [-0.1, -0.05) is 11.3 Å². The molecule has 2 aliphatic heterocycles. The number of thiazole rings is 1. The fraction of sp³-hybridized carbons (Fsp3) is 0.273. The van der Waals surface area contributed by atoms with Crippen molar-refractivity contribution in [2.45, 2.75) is 26.0 Å². The highest BCUT2D eigenvalue weighted by molar-refractivity contribution is 7.46. The van der Waals surface area contributed by atoms with Crippen LogP contribution in [0, 0.1) is 0 Å². The first-order chi connectivity index (χ1) is 15.7. The number of nitrogens with zero attached hydrogens (tertiary/aromatic N) is 2. The zero-order valence-corrected chi connectivity index (χ0v) is 19.4. The molecule has 0 bridgehead atoms. The Kier molecular flexibility index (Phi) is 5.41. The summed E-state index contributed by atoms with van der Waals surface area (Å²) in [6.07, 6.45) is 2.75. The first kappa shape index (κ1) is 21.9. The molecule has 3 N–H and O–H groups in total. The van der Waals surface area contributed by atoms with Crippen molar-refractivity contribution in [3.8, 4) is 11.5 Å². The van der Waals surface area contributed by atoms with Crippen molar-refractivity contribution < 1.29 is 38.1 Å². The van der Waals surface area contributed by atoms with E-state index in [1.54, 1.807) is 17.0 Å². The molecule has 11 heteroatoms. The first-order valence-electron chi connectivity index (χ1n) is 10.4. The summed E-state index contributed by atoms with van der Waals surface area (Å²) in [4.78, 5) is 31.1. The summed E-state index contributed by atoms with van der Waals surface area (Å²) >= 11 is 1.53. The maximum atomic E-state index is 11.2. The van der Waals surface area contributed by atoms with Crippen molar-refractivity contribution in [2.24, 2.45) is 0 Å². The monoisotopic (exact) mass is 489 g/mol. The predicted octanol–water partition coefficient (Wildman–Crippen LogP) is 3.28. The number of carbonyl (C=O) groups is 1. The number of aromatic nitrogens is 1. The first-order valence-corrected chi connectivity index (χ1v) is 12.8. The van der Waals surface area contributed by atoms with Gasteiger partial charge in [-0.05, 0) is 31.2 Å². The molecular weight excluding hydrogens is 467 g/mol. The second kappa shape index (κ2) is 8.14. The average molecular weight is 489 g/mol. The molecule has 172 valence electrons. The molecule has 2 aliphatic rings. The number of benzene rings is 2. The third-order valence-corrected chi connectivity index (χ3v) is 7.40. The van der Waals surface area contributed by atoms with E-state index in [1.807, 2.05) is 31.2 Å². The Bertz CT molecular complexity index is 1350. The Labute approximate surface area is 193 Å². The molecule has 0 amide bonds. The second-order valence-electron chi connectivity index (χ2n) is 7.90. The number of aliphatic carboxylic acids is 1. The molecule has 2 aromatic carbocycles. The van der Waals surface area contributed by atoms with Gasteiger partial charge < -0.3 is 19.3 Å². The third kappa shape index (κ3) is 4.22. The number of anilines is 1. The summed E-state index contributed by atoms with van der Waals surface area (Å²) < 4.78 is 25.3. The van der Waals surface area contributed by atoms with Crippen LogP contribution < -0.4 is 18.7 Å². The van der Waals surface area contributed by atoms with Crippen molar-refractivity contribution in [1.29, 1.82) is 0 Å². The minimum atomic E-state index is -4.62. The van der Waals surface area contributed by atoms with E-state index >= 15 is 0 Å². The van der Waals surface area contributed by atoms with Crippen LogP contribution in [0.2, 0.25) is 0 Å². The fourth-order valence-corrected chi connectivity index (χ4v) is 5.99. The number of hydrogen-bond acceptors (Lipinski definition) is 6. The number of phosphoric ester groups is 1. The molecule has 1 atom stereocenters. The Morgan fingerprint density at radius 1 is 1.30 bits per heavy atom. The molecule has 0 aliphatic carbocycles. The largest absolute Gasteiger partial charge is 0.524 e.